The summed E-state index contributed by atoms with van der Waals surface area (Å²) in [5.74, 6) is 1.06. The van der Waals surface area contributed by atoms with Crippen LogP contribution in [-0.2, 0) is 6.42 Å². The van der Waals surface area contributed by atoms with Gasteiger partial charge in [0.2, 0.25) is 5.76 Å². The molecular weight excluding hydrogens is 198 g/mol. The molecule has 0 atom stereocenters. The number of nitriles is 1. The highest BCUT2D eigenvalue weighted by Gasteiger charge is 2.03. The topological polar surface area (TPSA) is 36.9 Å². The summed E-state index contributed by atoms with van der Waals surface area (Å²) in [6, 6.07) is 13.5. The summed E-state index contributed by atoms with van der Waals surface area (Å²) in [6.45, 7) is 3.70. The fraction of sp³-hybridized carbons (Fsp3) is 0.0714. The number of furan rings is 1. The van der Waals surface area contributed by atoms with Gasteiger partial charge >= 0.3 is 0 Å². The van der Waals surface area contributed by atoms with Gasteiger partial charge in [-0.1, -0.05) is 30.3 Å². The van der Waals surface area contributed by atoms with Crippen molar-refractivity contribution in [3.8, 4) is 17.4 Å². The van der Waals surface area contributed by atoms with Gasteiger partial charge in [-0.2, -0.15) is 5.26 Å². The summed E-state index contributed by atoms with van der Waals surface area (Å²) in [5.41, 5.74) is 2.19. The van der Waals surface area contributed by atoms with Crippen LogP contribution in [0.1, 0.15) is 11.3 Å². The average Bonchev–Trinajstić information content (AvgIpc) is 2.79. The predicted molar refractivity (Wildman–Crippen MR) is 62.8 cm³/mol. The molecule has 0 unspecified atom stereocenters. The molecule has 0 fully saturated rings. The van der Waals surface area contributed by atoms with Gasteiger partial charge in [-0.05, 0) is 24.1 Å². The Morgan fingerprint density at radius 2 is 1.94 bits per heavy atom. The first-order valence-electron chi connectivity index (χ1n) is 5.03. The van der Waals surface area contributed by atoms with Crippen LogP contribution in [0.3, 0.4) is 0 Å². The van der Waals surface area contributed by atoms with Crippen molar-refractivity contribution < 1.29 is 4.42 Å². The van der Waals surface area contributed by atoms with E-state index >= 15 is 0 Å². The van der Waals surface area contributed by atoms with E-state index in [9.17, 15) is 0 Å². The van der Waals surface area contributed by atoms with Crippen molar-refractivity contribution in [1.29, 1.82) is 5.26 Å². The molecule has 2 rings (SSSR count). The highest BCUT2D eigenvalue weighted by atomic mass is 16.3. The van der Waals surface area contributed by atoms with E-state index in [4.69, 9.17) is 9.68 Å². The Morgan fingerprint density at radius 3 is 2.50 bits per heavy atom. The van der Waals surface area contributed by atoms with Crippen molar-refractivity contribution in [3.63, 3.8) is 0 Å². The number of hydrogen-bond acceptors (Lipinski definition) is 2. The van der Waals surface area contributed by atoms with Crippen molar-refractivity contribution >= 4 is 0 Å². The Kier molecular flexibility index (Phi) is 2.88. The number of rotatable bonds is 3. The van der Waals surface area contributed by atoms with Gasteiger partial charge in [-0.25, -0.2) is 0 Å². The summed E-state index contributed by atoms with van der Waals surface area (Å²) in [4.78, 5) is 0. The van der Waals surface area contributed by atoms with Gasteiger partial charge in [0, 0.05) is 5.56 Å². The third-order valence-corrected chi connectivity index (χ3v) is 2.33. The summed E-state index contributed by atoms with van der Waals surface area (Å²) in [5, 5.41) is 8.66. The van der Waals surface area contributed by atoms with Gasteiger partial charge in [-0.15, -0.1) is 6.58 Å². The molecule has 16 heavy (non-hydrogen) atoms. The quantitative estimate of drug-likeness (QED) is 0.725. The van der Waals surface area contributed by atoms with Crippen molar-refractivity contribution in [2.45, 2.75) is 6.42 Å². The van der Waals surface area contributed by atoms with E-state index in [1.54, 1.807) is 12.1 Å². The lowest BCUT2D eigenvalue weighted by atomic mass is 10.1. The number of hydrogen-bond donors (Lipinski definition) is 0. The third kappa shape index (κ3) is 2.04. The summed E-state index contributed by atoms with van der Waals surface area (Å²) in [6.07, 6.45) is 2.73. The maximum atomic E-state index is 8.66. The minimum atomic E-state index is 0.338. The van der Waals surface area contributed by atoms with Crippen LogP contribution < -0.4 is 0 Å². The molecule has 0 aliphatic heterocycles. The molecule has 0 radical (unpaired) electrons. The predicted octanol–water partition coefficient (Wildman–Crippen LogP) is 3.55. The van der Waals surface area contributed by atoms with E-state index in [0.29, 0.717) is 5.76 Å². The van der Waals surface area contributed by atoms with E-state index in [0.717, 1.165) is 17.7 Å². The Labute approximate surface area is 94.4 Å². The van der Waals surface area contributed by atoms with Gasteiger partial charge in [0.1, 0.15) is 11.8 Å². The zero-order valence-corrected chi connectivity index (χ0v) is 8.81. The molecule has 78 valence electrons. The fourth-order valence-corrected chi connectivity index (χ4v) is 1.52. The lowest BCUT2D eigenvalue weighted by molar-refractivity contribution is 0.567. The molecule has 0 spiro atoms. The monoisotopic (exact) mass is 209 g/mol. The first-order chi connectivity index (χ1) is 7.83. The zero-order chi connectivity index (χ0) is 11.4. The first kappa shape index (κ1) is 10.3. The second-order valence-corrected chi connectivity index (χ2v) is 3.47. The number of benzene rings is 1. The molecule has 0 aliphatic rings. The summed E-state index contributed by atoms with van der Waals surface area (Å²) < 4.78 is 5.34. The van der Waals surface area contributed by atoms with E-state index in [1.807, 2.05) is 36.4 Å². The zero-order valence-electron chi connectivity index (χ0n) is 8.81. The number of allylic oxidation sites excluding steroid dienone is 1. The molecule has 2 nitrogen and oxygen atoms in total. The molecule has 1 aromatic heterocycles. The molecule has 0 bridgehead atoms. The Bertz CT molecular complexity index is 529. The van der Waals surface area contributed by atoms with Gasteiger partial charge in [-0.3, -0.25) is 0 Å². The van der Waals surface area contributed by atoms with Crippen LogP contribution in [0.25, 0.3) is 11.3 Å². The van der Waals surface area contributed by atoms with Crippen LogP contribution >= 0.6 is 0 Å². The Morgan fingerprint density at radius 1 is 1.19 bits per heavy atom. The minimum Gasteiger partial charge on any atom is -0.446 e. The van der Waals surface area contributed by atoms with Crippen molar-refractivity contribution in [2.75, 3.05) is 0 Å². The minimum absolute atomic E-state index is 0.338. The lowest BCUT2D eigenvalue weighted by Gasteiger charge is -1.99. The molecule has 1 aromatic carbocycles. The van der Waals surface area contributed by atoms with Crippen LogP contribution in [0.5, 0.6) is 0 Å². The van der Waals surface area contributed by atoms with Crippen LogP contribution in [0.15, 0.2) is 53.5 Å². The molecule has 0 saturated heterocycles. The highest BCUT2D eigenvalue weighted by Crippen LogP contribution is 2.22. The van der Waals surface area contributed by atoms with Gasteiger partial charge in [0.05, 0.1) is 0 Å². The van der Waals surface area contributed by atoms with Crippen molar-refractivity contribution in [2.24, 2.45) is 0 Å². The van der Waals surface area contributed by atoms with Gasteiger partial charge < -0.3 is 4.42 Å². The second kappa shape index (κ2) is 4.50. The standard InChI is InChI=1S/C14H11NO/c1-2-3-11-4-6-12(7-5-11)14-9-8-13(10-15)16-14/h2,4-9H,1,3H2. The maximum absolute atomic E-state index is 8.66. The molecule has 1 heterocycles. The van der Waals surface area contributed by atoms with Gasteiger partial charge in [0.25, 0.3) is 0 Å². The molecule has 0 aliphatic carbocycles. The third-order valence-electron chi connectivity index (χ3n) is 2.33. The van der Waals surface area contributed by atoms with E-state index in [1.165, 1.54) is 5.56 Å². The van der Waals surface area contributed by atoms with E-state index < -0.39 is 0 Å². The highest BCUT2D eigenvalue weighted by molar-refractivity contribution is 5.58. The summed E-state index contributed by atoms with van der Waals surface area (Å²) >= 11 is 0. The first-order valence-corrected chi connectivity index (χ1v) is 5.03. The molecule has 0 N–H and O–H groups in total. The Balaban J connectivity index is 2.27. The molecule has 0 amide bonds. The number of nitrogens with zero attached hydrogens (tertiary/aromatic N) is 1. The van der Waals surface area contributed by atoms with Crippen LogP contribution in [0.4, 0.5) is 0 Å². The van der Waals surface area contributed by atoms with Crippen LogP contribution in [0, 0.1) is 11.3 Å². The lowest BCUT2D eigenvalue weighted by Crippen LogP contribution is -1.80. The Hall–Kier alpha value is -2.27. The van der Waals surface area contributed by atoms with E-state index in [2.05, 4.69) is 6.58 Å². The van der Waals surface area contributed by atoms with E-state index in [-0.39, 0.29) is 0 Å². The van der Waals surface area contributed by atoms with Gasteiger partial charge in [0.15, 0.2) is 0 Å². The fourth-order valence-electron chi connectivity index (χ4n) is 1.52. The SMILES string of the molecule is C=CCc1ccc(-c2ccc(C#N)o2)cc1. The molecule has 2 heteroatoms. The average molecular weight is 209 g/mol. The maximum Gasteiger partial charge on any atom is 0.204 e. The van der Waals surface area contributed by atoms with Crippen molar-refractivity contribution in [3.05, 3.63) is 60.4 Å². The van der Waals surface area contributed by atoms with Crippen LogP contribution in [0.2, 0.25) is 0 Å². The molecule has 0 saturated carbocycles. The largest absolute Gasteiger partial charge is 0.446 e. The smallest absolute Gasteiger partial charge is 0.204 e. The molecule has 2 aromatic rings. The normalized spacial score (nSPS) is 9.69. The second-order valence-electron chi connectivity index (χ2n) is 3.47. The van der Waals surface area contributed by atoms with Crippen LogP contribution in [-0.4, -0.2) is 0 Å². The molecular formula is C14H11NO. The summed E-state index contributed by atoms with van der Waals surface area (Å²) in [7, 11) is 0. The van der Waals surface area contributed by atoms with Crippen molar-refractivity contribution in [1.82, 2.24) is 0 Å².